The summed E-state index contributed by atoms with van der Waals surface area (Å²) in [6.07, 6.45) is 0.261. The zero-order valence-electron chi connectivity index (χ0n) is 6.81. The Morgan fingerprint density at radius 3 is 2.30 bits per heavy atom. The number of methoxy groups -OCH3 is 1. The lowest BCUT2D eigenvalue weighted by molar-refractivity contribution is 0.106. The molecule has 0 fully saturated rings. The van der Waals surface area contributed by atoms with Gasteiger partial charge in [0.05, 0.1) is 6.10 Å². The summed E-state index contributed by atoms with van der Waals surface area (Å²) in [6, 6.07) is 0. The Morgan fingerprint density at radius 2 is 1.80 bits per heavy atom. The molecule has 58 valence electrons. The molecule has 0 radical (unpaired) electrons. The lowest BCUT2D eigenvalue weighted by Crippen LogP contribution is -2.01. The first kappa shape index (κ1) is 9.48. The lowest BCUT2D eigenvalue weighted by atomic mass is 10.5. The molecule has 0 spiro atoms. The molecule has 0 atom stereocenters. The van der Waals surface area contributed by atoms with Gasteiger partial charge in [-0.1, -0.05) is 11.8 Å². The van der Waals surface area contributed by atoms with Gasteiger partial charge in [-0.25, -0.2) is 0 Å². The van der Waals surface area contributed by atoms with Crippen molar-refractivity contribution in [2.24, 2.45) is 0 Å². The van der Waals surface area contributed by atoms with Crippen molar-refractivity contribution >= 4 is 0 Å². The van der Waals surface area contributed by atoms with E-state index in [1.165, 1.54) is 0 Å². The van der Waals surface area contributed by atoms with E-state index in [1.54, 1.807) is 7.11 Å². The first-order chi connectivity index (χ1) is 4.77. The maximum atomic E-state index is 5.16. The Labute approximate surface area is 62.5 Å². The molecule has 0 aromatic rings. The number of rotatable bonds is 3. The van der Waals surface area contributed by atoms with Gasteiger partial charge in [0, 0.05) is 7.11 Å². The maximum Gasteiger partial charge on any atom is 0.108 e. The van der Waals surface area contributed by atoms with Crippen LogP contribution in [-0.4, -0.2) is 26.4 Å². The predicted molar refractivity (Wildman–Crippen MR) is 40.7 cm³/mol. The zero-order valence-corrected chi connectivity index (χ0v) is 6.81. The number of hydrogen-bond acceptors (Lipinski definition) is 2. The molecule has 2 nitrogen and oxygen atoms in total. The normalized spacial score (nSPS) is 9.20. The highest BCUT2D eigenvalue weighted by Crippen LogP contribution is 1.84. The molecule has 0 aromatic carbocycles. The molecule has 0 saturated carbocycles. The van der Waals surface area contributed by atoms with Gasteiger partial charge in [0.15, 0.2) is 0 Å². The minimum Gasteiger partial charge on any atom is -0.372 e. The van der Waals surface area contributed by atoms with Crippen LogP contribution in [0.1, 0.15) is 13.8 Å². The van der Waals surface area contributed by atoms with E-state index in [4.69, 9.17) is 9.47 Å². The molecular weight excluding hydrogens is 128 g/mol. The molecule has 0 N–H and O–H groups in total. The van der Waals surface area contributed by atoms with Crippen LogP contribution in [0.25, 0.3) is 0 Å². The molecule has 0 aliphatic rings. The van der Waals surface area contributed by atoms with E-state index in [0.717, 1.165) is 0 Å². The second-order valence-electron chi connectivity index (χ2n) is 2.15. The predicted octanol–water partition coefficient (Wildman–Crippen LogP) is 1.06. The third-order valence-corrected chi connectivity index (χ3v) is 0.830. The topological polar surface area (TPSA) is 18.5 Å². The van der Waals surface area contributed by atoms with Crippen molar-refractivity contribution in [1.82, 2.24) is 0 Å². The molecule has 0 rings (SSSR count). The van der Waals surface area contributed by atoms with E-state index in [-0.39, 0.29) is 6.10 Å². The summed E-state index contributed by atoms with van der Waals surface area (Å²) in [7, 11) is 1.62. The number of ether oxygens (including phenoxy) is 2. The van der Waals surface area contributed by atoms with Crippen LogP contribution in [0.3, 0.4) is 0 Å². The van der Waals surface area contributed by atoms with Gasteiger partial charge in [-0.3, -0.25) is 0 Å². The smallest absolute Gasteiger partial charge is 0.108 e. The van der Waals surface area contributed by atoms with Crippen molar-refractivity contribution in [3.05, 3.63) is 0 Å². The summed E-state index contributed by atoms with van der Waals surface area (Å²) in [6.45, 7) is 4.96. The Kier molecular flexibility index (Phi) is 6.25. The van der Waals surface area contributed by atoms with E-state index < -0.39 is 0 Å². The number of hydrogen-bond donors (Lipinski definition) is 0. The molecule has 0 heterocycles. The lowest BCUT2D eigenvalue weighted by Gasteiger charge is -2.00. The zero-order chi connectivity index (χ0) is 7.82. The second kappa shape index (κ2) is 6.60. The van der Waals surface area contributed by atoms with Crippen molar-refractivity contribution in [3.8, 4) is 11.8 Å². The van der Waals surface area contributed by atoms with Crippen LogP contribution in [0.5, 0.6) is 0 Å². The molecule has 10 heavy (non-hydrogen) atoms. The SMILES string of the molecule is COCC#CCOC(C)C. The summed E-state index contributed by atoms with van der Waals surface area (Å²) in [4.78, 5) is 0. The van der Waals surface area contributed by atoms with Gasteiger partial charge in [-0.15, -0.1) is 0 Å². The van der Waals surface area contributed by atoms with Crippen molar-refractivity contribution in [1.29, 1.82) is 0 Å². The van der Waals surface area contributed by atoms with Gasteiger partial charge in [-0.2, -0.15) is 0 Å². The van der Waals surface area contributed by atoms with Gasteiger partial charge in [0.2, 0.25) is 0 Å². The summed E-state index contributed by atoms with van der Waals surface area (Å²) < 4.78 is 9.88. The first-order valence-electron chi connectivity index (χ1n) is 3.33. The first-order valence-corrected chi connectivity index (χ1v) is 3.33. The van der Waals surface area contributed by atoms with Gasteiger partial charge >= 0.3 is 0 Å². The molecule has 0 unspecified atom stereocenters. The van der Waals surface area contributed by atoms with Gasteiger partial charge in [0.1, 0.15) is 13.2 Å². The second-order valence-corrected chi connectivity index (χ2v) is 2.15. The van der Waals surface area contributed by atoms with Crippen molar-refractivity contribution in [3.63, 3.8) is 0 Å². The van der Waals surface area contributed by atoms with Gasteiger partial charge in [0.25, 0.3) is 0 Å². The van der Waals surface area contributed by atoms with E-state index >= 15 is 0 Å². The van der Waals surface area contributed by atoms with Crippen LogP contribution in [0.4, 0.5) is 0 Å². The Morgan fingerprint density at radius 1 is 1.20 bits per heavy atom. The third-order valence-electron chi connectivity index (χ3n) is 0.830. The van der Waals surface area contributed by atoms with Crippen LogP contribution in [-0.2, 0) is 9.47 Å². The summed E-state index contributed by atoms with van der Waals surface area (Å²) >= 11 is 0. The average molecular weight is 142 g/mol. The molecular formula is C8H14O2. The monoisotopic (exact) mass is 142 g/mol. The molecule has 0 aliphatic heterocycles. The van der Waals surface area contributed by atoms with E-state index in [1.807, 2.05) is 13.8 Å². The molecule has 0 bridgehead atoms. The maximum absolute atomic E-state index is 5.16. The molecule has 0 aliphatic carbocycles. The Hall–Kier alpha value is -0.520. The van der Waals surface area contributed by atoms with Crippen LogP contribution in [0, 0.1) is 11.8 Å². The van der Waals surface area contributed by atoms with E-state index in [0.29, 0.717) is 13.2 Å². The van der Waals surface area contributed by atoms with Crippen LogP contribution in [0.2, 0.25) is 0 Å². The van der Waals surface area contributed by atoms with Gasteiger partial charge < -0.3 is 9.47 Å². The molecule has 0 amide bonds. The molecule has 0 saturated heterocycles. The Bertz CT molecular complexity index is 119. The highest BCUT2D eigenvalue weighted by Gasteiger charge is 1.86. The third kappa shape index (κ3) is 7.48. The van der Waals surface area contributed by atoms with Crippen molar-refractivity contribution in [2.75, 3.05) is 20.3 Å². The fraction of sp³-hybridized carbons (Fsp3) is 0.750. The summed E-state index contributed by atoms with van der Waals surface area (Å²) in [5, 5.41) is 0. The van der Waals surface area contributed by atoms with E-state index in [9.17, 15) is 0 Å². The Balaban J connectivity index is 3.12. The van der Waals surface area contributed by atoms with Gasteiger partial charge in [-0.05, 0) is 13.8 Å². The quantitative estimate of drug-likeness (QED) is 0.548. The highest BCUT2D eigenvalue weighted by molar-refractivity contribution is 4.99. The van der Waals surface area contributed by atoms with Crippen LogP contribution >= 0.6 is 0 Å². The van der Waals surface area contributed by atoms with Crippen molar-refractivity contribution in [2.45, 2.75) is 20.0 Å². The summed E-state index contributed by atoms with van der Waals surface area (Å²) in [5.41, 5.74) is 0. The van der Waals surface area contributed by atoms with Crippen LogP contribution < -0.4 is 0 Å². The average Bonchev–Trinajstić information content (AvgIpc) is 1.87. The standard InChI is InChI=1S/C8H14O2/c1-8(2)10-7-5-4-6-9-3/h8H,6-7H2,1-3H3. The largest absolute Gasteiger partial charge is 0.372 e. The molecule has 0 aromatic heterocycles. The van der Waals surface area contributed by atoms with Crippen molar-refractivity contribution < 1.29 is 9.47 Å². The van der Waals surface area contributed by atoms with Crippen LogP contribution in [0.15, 0.2) is 0 Å². The summed E-state index contributed by atoms with van der Waals surface area (Å²) in [5.74, 6) is 5.61. The fourth-order valence-corrected chi connectivity index (χ4v) is 0.383. The molecule has 2 heteroatoms. The van der Waals surface area contributed by atoms with E-state index in [2.05, 4.69) is 11.8 Å². The highest BCUT2D eigenvalue weighted by atomic mass is 16.5. The minimum atomic E-state index is 0.261. The minimum absolute atomic E-state index is 0.261. The fourth-order valence-electron chi connectivity index (χ4n) is 0.383.